The van der Waals surface area contributed by atoms with E-state index in [0.29, 0.717) is 10.6 Å². The SMILES string of the molecule is C=C=C(C)/C(F)=C\C(Cl)=C/C. The van der Waals surface area contributed by atoms with Gasteiger partial charge in [0, 0.05) is 10.6 Å². The van der Waals surface area contributed by atoms with Crippen molar-refractivity contribution in [2.24, 2.45) is 0 Å². The van der Waals surface area contributed by atoms with Crippen molar-refractivity contribution in [3.8, 4) is 0 Å². The summed E-state index contributed by atoms with van der Waals surface area (Å²) in [4.78, 5) is 0. The number of hydrogen-bond acceptors (Lipinski definition) is 0. The normalized spacial score (nSPS) is 12.7. The van der Waals surface area contributed by atoms with E-state index in [0.717, 1.165) is 0 Å². The average Bonchev–Trinajstić information content (AvgIpc) is 2.02. The maximum atomic E-state index is 12.8. The summed E-state index contributed by atoms with van der Waals surface area (Å²) in [5.74, 6) is -0.400. The van der Waals surface area contributed by atoms with Crippen molar-refractivity contribution >= 4 is 11.6 Å². The van der Waals surface area contributed by atoms with Gasteiger partial charge in [0.05, 0.1) is 0 Å². The molecule has 0 unspecified atom stereocenters. The van der Waals surface area contributed by atoms with Crippen molar-refractivity contribution in [2.45, 2.75) is 13.8 Å². The van der Waals surface area contributed by atoms with Crippen LogP contribution in [0.15, 0.2) is 40.9 Å². The molecule has 0 nitrogen and oxygen atoms in total. The molecular formula is C9H10ClF. The van der Waals surface area contributed by atoms with Gasteiger partial charge in [0.25, 0.3) is 0 Å². The van der Waals surface area contributed by atoms with Gasteiger partial charge >= 0.3 is 0 Å². The second-order valence-corrected chi connectivity index (χ2v) is 2.40. The summed E-state index contributed by atoms with van der Waals surface area (Å²) in [6.45, 7) is 6.63. The van der Waals surface area contributed by atoms with E-state index in [2.05, 4.69) is 12.3 Å². The van der Waals surface area contributed by atoms with E-state index in [1.807, 2.05) is 0 Å². The van der Waals surface area contributed by atoms with Gasteiger partial charge in [-0.3, -0.25) is 0 Å². The standard InChI is InChI=1S/C9H10ClF/c1-4-7(3)9(11)6-8(10)5-2/h5-6H,1H2,2-3H3/b8-5+,9-6+. The molecule has 60 valence electrons. The van der Waals surface area contributed by atoms with Crippen LogP contribution in [0.4, 0.5) is 4.39 Å². The third kappa shape index (κ3) is 3.82. The van der Waals surface area contributed by atoms with Gasteiger partial charge in [-0.05, 0) is 19.9 Å². The average molecular weight is 173 g/mol. The van der Waals surface area contributed by atoms with Crippen LogP contribution in [0.2, 0.25) is 0 Å². The van der Waals surface area contributed by atoms with Gasteiger partial charge in [0.1, 0.15) is 5.83 Å². The van der Waals surface area contributed by atoms with Crippen LogP contribution in [-0.2, 0) is 0 Å². The summed E-state index contributed by atoms with van der Waals surface area (Å²) in [5.41, 5.74) is 2.80. The van der Waals surface area contributed by atoms with Gasteiger partial charge in [0.15, 0.2) is 0 Å². The van der Waals surface area contributed by atoms with E-state index in [1.54, 1.807) is 19.9 Å². The number of allylic oxidation sites excluding steroid dienone is 5. The van der Waals surface area contributed by atoms with Crippen LogP contribution in [0, 0.1) is 0 Å². The molecule has 0 aromatic rings. The lowest BCUT2D eigenvalue weighted by molar-refractivity contribution is 0.652. The highest BCUT2D eigenvalue weighted by Crippen LogP contribution is 2.14. The smallest absolute Gasteiger partial charge is 0.135 e. The highest BCUT2D eigenvalue weighted by Gasteiger charge is 1.96. The third-order valence-corrected chi connectivity index (χ3v) is 1.49. The van der Waals surface area contributed by atoms with Crippen LogP contribution in [0.1, 0.15) is 13.8 Å². The topological polar surface area (TPSA) is 0 Å². The number of hydrogen-bond donors (Lipinski definition) is 0. The number of rotatable bonds is 2. The maximum Gasteiger partial charge on any atom is 0.135 e. The van der Waals surface area contributed by atoms with Crippen LogP contribution in [0.3, 0.4) is 0 Å². The van der Waals surface area contributed by atoms with E-state index < -0.39 is 5.83 Å². The molecule has 0 aliphatic carbocycles. The van der Waals surface area contributed by atoms with Crippen LogP contribution >= 0.6 is 11.6 Å². The van der Waals surface area contributed by atoms with Crippen LogP contribution in [-0.4, -0.2) is 0 Å². The Hall–Kier alpha value is -0.780. The summed E-state index contributed by atoms with van der Waals surface area (Å²) in [7, 11) is 0. The molecule has 0 atom stereocenters. The summed E-state index contributed by atoms with van der Waals surface area (Å²) in [5, 5.41) is 0.372. The Morgan fingerprint density at radius 3 is 2.55 bits per heavy atom. The van der Waals surface area contributed by atoms with E-state index in [-0.39, 0.29) is 0 Å². The first kappa shape index (κ1) is 10.2. The van der Waals surface area contributed by atoms with Gasteiger partial charge in [-0.25, -0.2) is 4.39 Å². The Balaban J connectivity index is 4.60. The van der Waals surface area contributed by atoms with Gasteiger partial charge < -0.3 is 0 Å². The molecule has 0 aliphatic heterocycles. The molecule has 11 heavy (non-hydrogen) atoms. The third-order valence-electron chi connectivity index (χ3n) is 1.16. The zero-order valence-electron chi connectivity index (χ0n) is 6.62. The highest BCUT2D eigenvalue weighted by atomic mass is 35.5. The van der Waals surface area contributed by atoms with Crippen molar-refractivity contribution in [2.75, 3.05) is 0 Å². The first-order chi connectivity index (χ1) is 5.11. The van der Waals surface area contributed by atoms with E-state index in [4.69, 9.17) is 11.6 Å². The molecule has 0 aliphatic rings. The molecule has 0 N–H and O–H groups in total. The maximum absolute atomic E-state index is 12.8. The quantitative estimate of drug-likeness (QED) is 0.440. The Bertz CT molecular complexity index is 242. The first-order valence-corrected chi connectivity index (χ1v) is 3.55. The Morgan fingerprint density at radius 1 is 1.64 bits per heavy atom. The zero-order chi connectivity index (χ0) is 8.85. The van der Waals surface area contributed by atoms with Gasteiger partial charge in [-0.1, -0.05) is 24.3 Å². The van der Waals surface area contributed by atoms with E-state index >= 15 is 0 Å². The van der Waals surface area contributed by atoms with Crippen LogP contribution in [0.5, 0.6) is 0 Å². The lowest BCUT2D eigenvalue weighted by Crippen LogP contribution is -1.74. The largest absolute Gasteiger partial charge is 0.206 e. The summed E-state index contributed by atoms with van der Waals surface area (Å²) in [6, 6.07) is 0. The molecule has 0 fully saturated rings. The van der Waals surface area contributed by atoms with E-state index in [1.165, 1.54) is 6.08 Å². The Morgan fingerprint density at radius 2 is 2.18 bits per heavy atom. The van der Waals surface area contributed by atoms with Crippen LogP contribution in [0.25, 0.3) is 0 Å². The molecule has 0 saturated carbocycles. The van der Waals surface area contributed by atoms with E-state index in [9.17, 15) is 4.39 Å². The molecule has 0 aromatic heterocycles. The predicted octanol–water partition coefficient (Wildman–Crippen LogP) is 3.71. The fourth-order valence-corrected chi connectivity index (χ4v) is 0.493. The van der Waals surface area contributed by atoms with Crippen molar-refractivity contribution in [1.82, 2.24) is 0 Å². The summed E-state index contributed by atoms with van der Waals surface area (Å²) < 4.78 is 12.8. The fourth-order valence-electron chi connectivity index (χ4n) is 0.397. The highest BCUT2D eigenvalue weighted by molar-refractivity contribution is 6.31. The van der Waals surface area contributed by atoms with Crippen molar-refractivity contribution in [1.29, 1.82) is 0 Å². The Kier molecular flexibility index (Phi) is 4.60. The molecule has 0 spiro atoms. The van der Waals surface area contributed by atoms with Gasteiger partial charge in [0.2, 0.25) is 0 Å². The molecule has 0 bridgehead atoms. The van der Waals surface area contributed by atoms with Gasteiger partial charge in [-0.15, -0.1) is 5.73 Å². The van der Waals surface area contributed by atoms with Crippen molar-refractivity contribution < 1.29 is 4.39 Å². The monoisotopic (exact) mass is 172 g/mol. The van der Waals surface area contributed by atoms with Gasteiger partial charge in [-0.2, -0.15) is 0 Å². The second-order valence-electron chi connectivity index (χ2n) is 1.97. The minimum Gasteiger partial charge on any atom is -0.206 e. The number of halogens is 2. The molecule has 0 heterocycles. The molecule has 0 amide bonds. The zero-order valence-corrected chi connectivity index (χ0v) is 7.37. The molecule has 0 rings (SSSR count). The molecule has 0 radical (unpaired) electrons. The molecule has 0 saturated heterocycles. The minimum atomic E-state index is -0.400. The first-order valence-electron chi connectivity index (χ1n) is 3.17. The minimum absolute atomic E-state index is 0.366. The van der Waals surface area contributed by atoms with Crippen molar-refractivity contribution in [3.05, 3.63) is 40.9 Å². The van der Waals surface area contributed by atoms with Crippen molar-refractivity contribution in [3.63, 3.8) is 0 Å². The second kappa shape index (κ2) is 4.95. The molecular weight excluding hydrogens is 163 g/mol. The Labute approximate surface area is 71.4 Å². The summed E-state index contributed by atoms with van der Waals surface area (Å²) in [6.07, 6.45) is 2.84. The summed E-state index contributed by atoms with van der Waals surface area (Å²) >= 11 is 5.54. The molecule has 2 heteroatoms. The fraction of sp³-hybridized carbons (Fsp3) is 0.222. The lowest BCUT2D eigenvalue weighted by Gasteiger charge is -1.91. The predicted molar refractivity (Wildman–Crippen MR) is 47.1 cm³/mol. The molecule has 0 aromatic carbocycles. The lowest BCUT2D eigenvalue weighted by atomic mass is 10.2. The van der Waals surface area contributed by atoms with Crippen LogP contribution < -0.4 is 0 Å².